The van der Waals surface area contributed by atoms with Crippen molar-refractivity contribution in [2.75, 3.05) is 5.75 Å². The van der Waals surface area contributed by atoms with E-state index < -0.39 is 0 Å². The molecule has 2 N–H and O–H groups in total. The molecule has 0 radical (unpaired) electrons. The fraction of sp³-hybridized carbons (Fsp3) is 0.333. The molecule has 0 saturated carbocycles. The lowest BCUT2D eigenvalue weighted by atomic mass is 10.4. The summed E-state index contributed by atoms with van der Waals surface area (Å²) in [6.45, 7) is 1.98. The second-order valence-electron chi connectivity index (χ2n) is 3.20. The van der Waals surface area contributed by atoms with Gasteiger partial charge in [-0.15, -0.1) is 10.2 Å². The van der Waals surface area contributed by atoms with Crippen LogP contribution in [0.4, 0.5) is 0 Å². The van der Waals surface area contributed by atoms with Crippen molar-refractivity contribution in [3.05, 3.63) is 24.4 Å². The van der Waals surface area contributed by atoms with Crippen molar-refractivity contribution in [1.82, 2.24) is 14.6 Å². The molecule has 0 fully saturated rings. The smallest absolute Gasteiger partial charge is 0.195 e. The van der Waals surface area contributed by atoms with E-state index in [1.165, 1.54) is 0 Å². The van der Waals surface area contributed by atoms with Crippen LogP contribution in [0.5, 0.6) is 0 Å². The molecule has 2 rings (SSSR count). The van der Waals surface area contributed by atoms with Crippen LogP contribution in [0.25, 0.3) is 5.65 Å². The Hall–Kier alpha value is -1.07. The van der Waals surface area contributed by atoms with Gasteiger partial charge in [0.15, 0.2) is 10.8 Å². The summed E-state index contributed by atoms with van der Waals surface area (Å²) in [5.74, 6) is 0.857. The summed E-state index contributed by atoms with van der Waals surface area (Å²) in [4.78, 5) is 0. The number of thioether (sulfide) groups is 1. The summed E-state index contributed by atoms with van der Waals surface area (Å²) in [6.07, 6.45) is 1.96. The van der Waals surface area contributed by atoms with Crippen LogP contribution in [-0.4, -0.2) is 26.4 Å². The molecular formula is C9H12N4S. The molecule has 0 aliphatic rings. The zero-order chi connectivity index (χ0) is 9.97. The Kier molecular flexibility index (Phi) is 2.69. The molecular weight excluding hydrogens is 196 g/mol. The molecule has 4 nitrogen and oxygen atoms in total. The van der Waals surface area contributed by atoms with Gasteiger partial charge >= 0.3 is 0 Å². The van der Waals surface area contributed by atoms with Crippen LogP contribution in [0.1, 0.15) is 6.92 Å². The van der Waals surface area contributed by atoms with Gasteiger partial charge in [0.05, 0.1) is 0 Å². The van der Waals surface area contributed by atoms with Crippen LogP contribution >= 0.6 is 11.8 Å². The quantitative estimate of drug-likeness (QED) is 0.769. The van der Waals surface area contributed by atoms with Crippen molar-refractivity contribution in [2.45, 2.75) is 18.1 Å². The summed E-state index contributed by atoms with van der Waals surface area (Å²) in [5.41, 5.74) is 6.55. The Morgan fingerprint density at radius 2 is 2.36 bits per heavy atom. The Morgan fingerprint density at radius 1 is 1.50 bits per heavy atom. The lowest BCUT2D eigenvalue weighted by molar-refractivity contribution is 0.838. The minimum Gasteiger partial charge on any atom is -0.327 e. The number of nitrogens with two attached hydrogens (primary N) is 1. The standard InChI is InChI=1S/C9H12N4S/c1-7(10)6-14-9-12-11-8-4-2-3-5-13(8)9/h2-5,7H,6,10H2,1H3/t7-/m1/s1. The maximum absolute atomic E-state index is 5.67. The molecule has 14 heavy (non-hydrogen) atoms. The molecule has 0 bridgehead atoms. The molecule has 5 heteroatoms. The minimum absolute atomic E-state index is 0.177. The molecule has 1 atom stereocenters. The number of hydrogen-bond acceptors (Lipinski definition) is 4. The molecule has 0 unspecified atom stereocenters. The third-order valence-electron chi connectivity index (χ3n) is 1.76. The first kappa shape index (κ1) is 9.48. The predicted octanol–water partition coefficient (Wildman–Crippen LogP) is 1.17. The number of pyridine rings is 1. The Morgan fingerprint density at radius 3 is 3.14 bits per heavy atom. The molecule has 2 aromatic rings. The van der Waals surface area contributed by atoms with Gasteiger partial charge in [-0.25, -0.2) is 0 Å². The van der Waals surface area contributed by atoms with E-state index in [0.717, 1.165) is 16.6 Å². The molecule has 0 aliphatic heterocycles. The number of fused-ring (bicyclic) bond motifs is 1. The van der Waals surface area contributed by atoms with E-state index >= 15 is 0 Å². The summed E-state index contributed by atoms with van der Waals surface area (Å²) < 4.78 is 1.97. The van der Waals surface area contributed by atoms with Gasteiger partial charge in [-0.2, -0.15) is 0 Å². The lowest BCUT2D eigenvalue weighted by Gasteiger charge is -2.02. The van der Waals surface area contributed by atoms with Crippen LogP contribution in [-0.2, 0) is 0 Å². The van der Waals surface area contributed by atoms with Gasteiger partial charge in [-0.1, -0.05) is 17.8 Å². The van der Waals surface area contributed by atoms with Gasteiger partial charge in [0.2, 0.25) is 0 Å². The molecule has 0 spiro atoms. The zero-order valence-corrected chi connectivity index (χ0v) is 8.74. The van der Waals surface area contributed by atoms with Crippen molar-refractivity contribution < 1.29 is 0 Å². The second-order valence-corrected chi connectivity index (χ2v) is 4.19. The van der Waals surface area contributed by atoms with Crippen molar-refractivity contribution in [3.8, 4) is 0 Å². The van der Waals surface area contributed by atoms with Crippen molar-refractivity contribution in [1.29, 1.82) is 0 Å². The molecule has 0 aliphatic carbocycles. The Labute approximate surface area is 86.5 Å². The normalized spacial score (nSPS) is 13.3. The zero-order valence-electron chi connectivity index (χ0n) is 7.92. The largest absolute Gasteiger partial charge is 0.327 e. The third-order valence-corrected chi connectivity index (χ3v) is 2.99. The monoisotopic (exact) mass is 208 g/mol. The third kappa shape index (κ3) is 1.88. The van der Waals surface area contributed by atoms with Gasteiger partial charge in [0, 0.05) is 18.0 Å². The van der Waals surface area contributed by atoms with Crippen LogP contribution in [0, 0.1) is 0 Å². The number of aromatic nitrogens is 3. The number of hydrogen-bond donors (Lipinski definition) is 1. The van der Waals surface area contributed by atoms with Gasteiger partial charge in [-0.3, -0.25) is 4.40 Å². The minimum atomic E-state index is 0.177. The fourth-order valence-corrected chi connectivity index (χ4v) is 1.93. The second kappa shape index (κ2) is 3.98. The Bertz CT molecular complexity index is 423. The Balaban J connectivity index is 2.25. The molecule has 0 saturated heterocycles. The number of rotatable bonds is 3. The first-order valence-electron chi connectivity index (χ1n) is 4.45. The van der Waals surface area contributed by atoms with Gasteiger partial charge in [0.1, 0.15) is 0 Å². The lowest BCUT2D eigenvalue weighted by Crippen LogP contribution is -2.17. The molecule has 2 aromatic heterocycles. The summed E-state index contributed by atoms with van der Waals surface area (Å²) >= 11 is 1.63. The summed E-state index contributed by atoms with van der Waals surface area (Å²) in [7, 11) is 0. The van der Waals surface area contributed by atoms with E-state index in [0.29, 0.717) is 0 Å². The predicted molar refractivity (Wildman–Crippen MR) is 57.4 cm³/mol. The summed E-state index contributed by atoms with van der Waals surface area (Å²) in [5, 5.41) is 9.04. The van der Waals surface area contributed by atoms with E-state index in [1.54, 1.807) is 11.8 Å². The van der Waals surface area contributed by atoms with Crippen LogP contribution < -0.4 is 5.73 Å². The molecule has 0 amide bonds. The van der Waals surface area contributed by atoms with Crippen LogP contribution in [0.2, 0.25) is 0 Å². The highest BCUT2D eigenvalue weighted by Gasteiger charge is 2.05. The summed E-state index contributed by atoms with van der Waals surface area (Å²) in [6, 6.07) is 6.02. The van der Waals surface area contributed by atoms with Crippen LogP contribution in [0.3, 0.4) is 0 Å². The van der Waals surface area contributed by atoms with Crippen molar-refractivity contribution in [3.63, 3.8) is 0 Å². The highest BCUT2D eigenvalue weighted by atomic mass is 32.2. The van der Waals surface area contributed by atoms with Crippen molar-refractivity contribution >= 4 is 17.4 Å². The molecule has 74 valence electrons. The maximum atomic E-state index is 5.67. The van der Waals surface area contributed by atoms with Gasteiger partial charge in [0.25, 0.3) is 0 Å². The average molecular weight is 208 g/mol. The van der Waals surface area contributed by atoms with Gasteiger partial charge < -0.3 is 5.73 Å². The molecule has 2 heterocycles. The first-order chi connectivity index (χ1) is 6.77. The number of nitrogens with zero attached hydrogens (tertiary/aromatic N) is 3. The highest BCUT2D eigenvalue weighted by molar-refractivity contribution is 7.99. The van der Waals surface area contributed by atoms with Crippen LogP contribution in [0.15, 0.2) is 29.6 Å². The average Bonchev–Trinajstić information content (AvgIpc) is 2.58. The van der Waals surface area contributed by atoms with E-state index in [1.807, 2.05) is 35.7 Å². The van der Waals surface area contributed by atoms with Gasteiger partial charge in [-0.05, 0) is 19.1 Å². The SMILES string of the molecule is C[C@@H](N)CSc1nnc2ccccn12. The molecule has 0 aromatic carbocycles. The van der Waals surface area contributed by atoms with Crippen molar-refractivity contribution in [2.24, 2.45) is 5.73 Å². The maximum Gasteiger partial charge on any atom is 0.195 e. The van der Waals surface area contributed by atoms with E-state index in [4.69, 9.17) is 5.73 Å². The fourth-order valence-electron chi connectivity index (χ4n) is 1.12. The van der Waals surface area contributed by atoms with E-state index in [2.05, 4.69) is 10.2 Å². The van der Waals surface area contributed by atoms with E-state index in [9.17, 15) is 0 Å². The van der Waals surface area contributed by atoms with E-state index in [-0.39, 0.29) is 6.04 Å². The highest BCUT2D eigenvalue weighted by Crippen LogP contribution is 2.16. The topological polar surface area (TPSA) is 56.2 Å². The first-order valence-corrected chi connectivity index (χ1v) is 5.44.